The maximum atomic E-state index is 13.3. The zero-order chi connectivity index (χ0) is 29.4. The van der Waals surface area contributed by atoms with Crippen LogP contribution in [0.3, 0.4) is 0 Å². The van der Waals surface area contributed by atoms with Gasteiger partial charge in [0.1, 0.15) is 6.61 Å². The molecule has 0 aliphatic carbocycles. The zero-order valence-electron chi connectivity index (χ0n) is 27.3. The third-order valence-electron chi connectivity index (χ3n) is 9.28. The van der Waals surface area contributed by atoms with Gasteiger partial charge < -0.3 is 4.43 Å². The molecule has 0 N–H and O–H groups in total. The summed E-state index contributed by atoms with van der Waals surface area (Å²) in [5, 5.41) is 1.89. The first kappa shape index (κ1) is 35.0. The molecule has 0 spiro atoms. The van der Waals surface area contributed by atoms with E-state index in [1.54, 1.807) is 5.06 Å². The van der Waals surface area contributed by atoms with Gasteiger partial charge in [0.25, 0.3) is 5.91 Å². The van der Waals surface area contributed by atoms with Crippen molar-refractivity contribution in [3.8, 4) is 0 Å². The second-order valence-corrected chi connectivity index (χ2v) is 18.6. The van der Waals surface area contributed by atoms with E-state index in [0.717, 1.165) is 31.2 Å². The lowest BCUT2D eigenvalue weighted by Crippen LogP contribution is -2.61. The summed E-state index contributed by atoms with van der Waals surface area (Å²) in [6.07, 6.45) is 20.0. The van der Waals surface area contributed by atoms with E-state index in [2.05, 4.69) is 59.8 Å². The molecule has 2 rings (SSSR count). The van der Waals surface area contributed by atoms with Gasteiger partial charge in [-0.05, 0) is 43.0 Å². The number of nitrogens with zero attached hydrogens (tertiary/aromatic N) is 1. The Balaban J connectivity index is 2.03. The van der Waals surface area contributed by atoms with Crippen molar-refractivity contribution in [2.45, 2.75) is 174 Å². The Hall–Kier alpha value is -1.17. The smallest absolute Gasteiger partial charge is 0.251 e. The molecule has 4 nitrogen and oxygen atoms in total. The SMILES string of the molecule is CCCCCCCCCCC[C@@H](C[C@@H]1[C@H](CCCCCC)C(=O)N1OCc1ccccc1)O[Si](C)(C)C(C)(C)C. The van der Waals surface area contributed by atoms with E-state index in [1.807, 2.05) is 18.2 Å². The van der Waals surface area contributed by atoms with Crippen LogP contribution in [0.4, 0.5) is 0 Å². The molecule has 1 fully saturated rings. The number of hydrogen-bond donors (Lipinski definition) is 0. The van der Waals surface area contributed by atoms with Gasteiger partial charge in [0.2, 0.25) is 0 Å². The lowest BCUT2D eigenvalue weighted by atomic mass is 9.81. The molecule has 230 valence electrons. The third-order valence-corrected chi connectivity index (χ3v) is 13.8. The van der Waals surface area contributed by atoms with Gasteiger partial charge in [-0.1, -0.05) is 148 Å². The molecule has 0 radical (unpaired) electrons. The quantitative estimate of drug-likeness (QED) is 0.0786. The fraction of sp³-hybridized carbons (Fsp3) is 0.800. The fourth-order valence-corrected chi connectivity index (χ4v) is 6.99. The number of benzene rings is 1. The van der Waals surface area contributed by atoms with Gasteiger partial charge in [0.05, 0.1) is 12.0 Å². The first-order chi connectivity index (χ1) is 19.1. The summed E-state index contributed by atoms with van der Waals surface area (Å²) in [6.45, 7) is 16.7. The van der Waals surface area contributed by atoms with Crippen LogP contribution in [0.25, 0.3) is 0 Å². The van der Waals surface area contributed by atoms with Crippen LogP contribution >= 0.6 is 0 Å². The topological polar surface area (TPSA) is 38.8 Å². The molecule has 1 aliphatic rings. The third kappa shape index (κ3) is 12.0. The maximum absolute atomic E-state index is 13.3. The van der Waals surface area contributed by atoms with E-state index in [1.165, 1.54) is 77.0 Å². The van der Waals surface area contributed by atoms with Gasteiger partial charge in [-0.3, -0.25) is 9.63 Å². The highest BCUT2D eigenvalue weighted by atomic mass is 28.4. The molecule has 40 heavy (non-hydrogen) atoms. The molecule has 0 bridgehead atoms. The minimum absolute atomic E-state index is 0.0706. The number of carbonyl (C=O) groups excluding carboxylic acids is 1. The summed E-state index contributed by atoms with van der Waals surface area (Å²) >= 11 is 0. The van der Waals surface area contributed by atoms with E-state index in [9.17, 15) is 4.79 Å². The summed E-state index contributed by atoms with van der Waals surface area (Å²) < 4.78 is 7.06. The lowest BCUT2D eigenvalue weighted by Gasteiger charge is -2.48. The van der Waals surface area contributed by atoms with Crippen LogP contribution in [0.5, 0.6) is 0 Å². The second-order valence-electron chi connectivity index (χ2n) is 13.8. The number of amides is 1. The van der Waals surface area contributed by atoms with Gasteiger partial charge in [-0.2, -0.15) is 0 Å². The highest BCUT2D eigenvalue weighted by Gasteiger charge is 2.49. The zero-order valence-corrected chi connectivity index (χ0v) is 28.3. The molecular weight excluding hydrogens is 510 g/mol. The van der Waals surface area contributed by atoms with Gasteiger partial charge in [-0.15, -0.1) is 0 Å². The summed E-state index contributed by atoms with van der Waals surface area (Å²) in [5.74, 6) is 0.243. The van der Waals surface area contributed by atoms with Crippen LogP contribution in [0.2, 0.25) is 18.1 Å². The van der Waals surface area contributed by atoms with Crippen molar-refractivity contribution in [1.82, 2.24) is 5.06 Å². The Bertz CT molecular complexity index is 807. The Kier molecular flexibility index (Phi) is 16.1. The highest BCUT2D eigenvalue weighted by Crippen LogP contribution is 2.41. The van der Waals surface area contributed by atoms with Gasteiger partial charge >= 0.3 is 0 Å². The maximum Gasteiger partial charge on any atom is 0.251 e. The van der Waals surface area contributed by atoms with E-state index < -0.39 is 8.32 Å². The van der Waals surface area contributed by atoms with Crippen LogP contribution < -0.4 is 0 Å². The number of hydroxylamine groups is 2. The van der Waals surface area contributed by atoms with Crippen molar-refractivity contribution in [1.29, 1.82) is 0 Å². The number of hydrogen-bond acceptors (Lipinski definition) is 3. The van der Waals surface area contributed by atoms with Crippen molar-refractivity contribution in [2.24, 2.45) is 5.92 Å². The molecule has 1 amide bonds. The van der Waals surface area contributed by atoms with Crippen LogP contribution in [0.15, 0.2) is 30.3 Å². The molecule has 0 unspecified atom stereocenters. The molecule has 1 aromatic carbocycles. The average molecular weight is 574 g/mol. The Morgan fingerprint density at radius 1 is 0.825 bits per heavy atom. The van der Waals surface area contributed by atoms with E-state index >= 15 is 0 Å². The number of unbranched alkanes of at least 4 members (excludes halogenated alkanes) is 11. The lowest BCUT2D eigenvalue weighted by molar-refractivity contribution is -0.253. The van der Waals surface area contributed by atoms with E-state index in [0.29, 0.717) is 6.61 Å². The Labute approximate surface area is 249 Å². The summed E-state index contributed by atoms with van der Waals surface area (Å²) in [7, 11) is -1.93. The predicted molar refractivity (Wildman–Crippen MR) is 173 cm³/mol. The molecule has 0 aromatic heterocycles. The summed E-state index contributed by atoms with van der Waals surface area (Å²) in [4.78, 5) is 19.5. The Morgan fingerprint density at radius 3 is 1.95 bits per heavy atom. The van der Waals surface area contributed by atoms with E-state index in [-0.39, 0.29) is 29.0 Å². The Morgan fingerprint density at radius 2 is 1.38 bits per heavy atom. The fourth-order valence-electron chi connectivity index (χ4n) is 5.59. The highest BCUT2D eigenvalue weighted by molar-refractivity contribution is 6.74. The molecule has 1 aromatic rings. The monoisotopic (exact) mass is 573 g/mol. The predicted octanol–water partition coefficient (Wildman–Crippen LogP) is 10.6. The van der Waals surface area contributed by atoms with Crippen molar-refractivity contribution >= 4 is 14.2 Å². The van der Waals surface area contributed by atoms with Crippen molar-refractivity contribution in [3.05, 3.63) is 35.9 Å². The van der Waals surface area contributed by atoms with Crippen LogP contribution in [0, 0.1) is 5.92 Å². The first-order valence-corrected chi connectivity index (χ1v) is 19.7. The number of rotatable bonds is 22. The van der Waals surface area contributed by atoms with Gasteiger partial charge in [0.15, 0.2) is 8.32 Å². The first-order valence-electron chi connectivity index (χ1n) is 16.8. The number of carbonyl (C=O) groups is 1. The molecular formula is C35H63NO3Si. The molecule has 0 saturated carbocycles. The second kappa shape index (κ2) is 18.4. The standard InChI is InChI=1S/C35H63NO3Si/c1-8-10-12-14-15-16-17-18-22-26-31(39-40(6,7)35(3,4)5)28-33-32(27-23-13-11-9-2)34(37)36(33)38-29-30-24-20-19-21-25-30/h19-21,24-25,31-33H,8-18,22-23,26-29H2,1-7H3/t31-,32-,33+/m0/s1. The largest absolute Gasteiger partial charge is 0.414 e. The minimum atomic E-state index is -1.93. The van der Waals surface area contributed by atoms with Crippen LogP contribution in [0.1, 0.15) is 143 Å². The van der Waals surface area contributed by atoms with Crippen LogP contribution in [-0.2, 0) is 20.7 Å². The minimum Gasteiger partial charge on any atom is -0.414 e. The normalized spacial score (nSPS) is 18.7. The van der Waals surface area contributed by atoms with Gasteiger partial charge in [-0.25, -0.2) is 5.06 Å². The molecule has 1 aliphatic heterocycles. The van der Waals surface area contributed by atoms with Crippen molar-refractivity contribution in [3.63, 3.8) is 0 Å². The number of β-lactam (4-membered cyclic amide) rings is 1. The summed E-state index contributed by atoms with van der Waals surface area (Å²) in [5.41, 5.74) is 1.10. The molecule has 1 saturated heterocycles. The van der Waals surface area contributed by atoms with Crippen molar-refractivity contribution in [2.75, 3.05) is 0 Å². The van der Waals surface area contributed by atoms with Crippen LogP contribution in [-0.4, -0.2) is 31.4 Å². The molecule has 1 heterocycles. The van der Waals surface area contributed by atoms with Gasteiger partial charge in [0, 0.05) is 6.10 Å². The average Bonchev–Trinajstić information content (AvgIpc) is 2.91. The summed E-state index contributed by atoms with van der Waals surface area (Å²) in [6, 6.07) is 10.3. The molecule has 5 heteroatoms. The molecule has 3 atom stereocenters. The van der Waals surface area contributed by atoms with Crippen molar-refractivity contribution < 1.29 is 14.1 Å². The van der Waals surface area contributed by atoms with E-state index in [4.69, 9.17) is 9.26 Å².